The molecule has 1 aromatic carbocycles. The van der Waals surface area contributed by atoms with Gasteiger partial charge in [-0.2, -0.15) is 0 Å². The first-order valence-electron chi connectivity index (χ1n) is 5.72. The first kappa shape index (κ1) is 14.9. The lowest BCUT2D eigenvalue weighted by Crippen LogP contribution is -2.31. The van der Waals surface area contributed by atoms with E-state index in [1.807, 2.05) is 0 Å². The van der Waals surface area contributed by atoms with Crippen LogP contribution in [0.5, 0.6) is 0 Å². The van der Waals surface area contributed by atoms with Gasteiger partial charge in [0.2, 0.25) is 5.91 Å². The van der Waals surface area contributed by atoms with Crippen LogP contribution in [-0.2, 0) is 11.3 Å². The van der Waals surface area contributed by atoms with E-state index in [0.717, 1.165) is 0 Å². The molecule has 0 aliphatic rings. The minimum atomic E-state index is -0.476. The molecule has 0 saturated heterocycles. The van der Waals surface area contributed by atoms with Gasteiger partial charge in [-0.1, -0.05) is 11.2 Å². The molecule has 0 bridgehead atoms. The molecule has 6 N–H and O–H groups in total. The fourth-order valence-electron chi connectivity index (χ4n) is 1.65. The van der Waals surface area contributed by atoms with E-state index in [0.29, 0.717) is 17.7 Å². The number of nitrogens with two attached hydrogens (primary N) is 2. The smallest absolute Gasteiger partial charge is 0.218 e. The lowest BCUT2D eigenvalue weighted by atomic mass is 10.1. The number of nitrogens with one attached hydrogen (secondary N) is 1. The molecule has 1 unspecified atom stereocenters. The second-order valence-electron chi connectivity index (χ2n) is 4.24. The molecule has 0 fully saturated rings. The highest BCUT2D eigenvalue weighted by molar-refractivity contribution is 5.98. The zero-order chi connectivity index (χ0) is 14.4. The van der Waals surface area contributed by atoms with E-state index in [2.05, 4.69) is 10.5 Å². The molecule has 0 saturated carbocycles. The van der Waals surface area contributed by atoms with E-state index in [1.165, 1.54) is 18.2 Å². The quantitative estimate of drug-likeness (QED) is 0.257. The van der Waals surface area contributed by atoms with E-state index >= 15 is 0 Å². The summed E-state index contributed by atoms with van der Waals surface area (Å²) in [4.78, 5) is 10.7. The molecule has 7 heteroatoms. The summed E-state index contributed by atoms with van der Waals surface area (Å²) < 4.78 is 13.1. The molecule has 0 heterocycles. The van der Waals surface area contributed by atoms with Crippen molar-refractivity contribution in [2.45, 2.75) is 25.9 Å². The molecule has 0 aliphatic heterocycles. The molecule has 0 aliphatic carbocycles. The van der Waals surface area contributed by atoms with Gasteiger partial charge in [0.25, 0.3) is 0 Å². The Bertz CT molecular complexity index is 491. The van der Waals surface area contributed by atoms with Crippen molar-refractivity contribution in [3.63, 3.8) is 0 Å². The van der Waals surface area contributed by atoms with Crippen LogP contribution >= 0.6 is 0 Å². The predicted molar refractivity (Wildman–Crippen MR) is 69.0 cm³/mol. The Morgan fingerprint density at radius 3 is 2.79 bits per heavy atom. The van der Waals surface area contributed by atoms with Crippen molar-refractivity contribution in [3.8, 4) is 0 Å². The third-order valence-electron chi connectivity index (χ3n) is 2.60. The summed E-state index contributed by atoms with van der Waals surface area (Å²) >= 11 is 0. The van der Waals surface area contributed by atoms with Gasteiger partial charge in [0.15, 0.2) is 5.84 Å². The summed E-state index contributed by atoms with van der Waals surface area (Å²) in [6, 6.07) is 3.88. The highest BCUT2D eigenvalue weighted by Crippen LogP contribution is 2.11. The number of nitrogens with zero attached hydrogens (tertiary/aromatic N) is 1. The number of amidine groups is 1. The monoisotopic (exact) mass is 268 g/mol. The van der Waals surface area contributed by atoms with Crippen LogP contribution in [-0.4, -0.2) is 23.0 Å². The molecular weight excluding hydrogens is 251 g/mol. The van der Waals surface area contributed by atoms with Crippen molar-refractivity contribution in [1.82, 2.24) is 5.32 Å². The lowest BCUT2D eigenvalue weighted by molar-refractivity contribution is -0.118. The van der Waals surface area contributed by atoms with Crippen molar-refractivity contribution < 1.29 is 14.4 Å². The van der Waals surface area contributed by atoms with Crippen molar-refractivity contribution in [2.24, 2.45) is 16.6 Å². The van der Waals surface area contributed by atoms with Crippen LogP contribution < -0.4 is 16.8 Å². The number of rotatable bonds is 6. The number of primary amides is 1. The van der Waals surface area contributed by atoms with Gasteiger partial charge in [-0.25, -0.2) is 4.39 Å². The fourth-order valence-corrected chi connectivity index (χ4v) is 1.65. The third-order valence-corrected chi connectivity index (χ3v) is 2.60. The molecule has 19 heavy (non-hydrogen) atoms. The van der Waals surface area contributed by atoms with Crippen molar-refractivity contribution in [3.05, 3.63) is 35.1 Å². The summed E-state index contributed by atoms with van der Waals surface area (Å²) in [5.74, 6) is -1.05. The first-order valence-corrected chi connectivity index (χ1v) is 5.72. The summed E-state index contributed by atoms with van der Waals surface area (Å²) in [6.07, 6.45) is 0.195. The number of amides is 1. The first-order chi connectivity index (χ1) is 8.93. The molecule has 6 nitrogen and oxygen atoms in total. The zero-order valence-electron chi connectivity index (χ0n) is 10.6. The van der Waals surface area contributed by atoms with Gasteiger partial charge in [0.05, 0.1) is 0 Å². The van der Waals surface area contributed by atoms with Crippen LogP contribution in [0.15, 0.2) is 23.4 Å². The van der Waals surface area contributed by atoms with Gasteiger partial charge in [0.1, 0.15) is 5.82 Å². The molecule has 1 atom stereocenters. The summed E-state index contributed by atoms with van der Waals surface area (Å²) in [5.41, 5.74) is 11.5. The van der Waals surface area contributed by atoms with Crippen LogP contribution in [0.2, 0.25) is 0 Å². The van der Waals surface area contributed by atoms with Gasteiger partial charge in [-0.3, -0.25) is 4.79 Å². The molecule has 1 amide bonds. The van der Waals surface area contributed by atoms with E-state index in [1.54, 1.807) is 6.92 Å². The van der Waals surface area contributed by atoms with Gasteiger partial charge < -0.3 is 22.0 Å². The van der Waals surface area contributed by atoms with Crippen molar-refractivity contribution >= 4 is 11.7 Å². The summed E-state index contributed by atoms with van der Waals surface area (Å²) in [6.45, 7) is 2.15. The number of carbonyl (C=O) groups is 1. The maximum atomic E-state index is 13.1. The van der Waals surface area contributed by atoms with Gasteiger partial charge >= 0.3 is 0 Å². The minimum Gasteiger partial charge on any atom is -0.409 e. The Hall–Kier alpha value is -2.15. The maximum Gasteiger partial charge on any atom is 0.218 e. The second kappa shape index (κ2) is 6.69. The Kier molecular flexibility index (Phi) is 5.25. The summed E-state index contributed by atoms with van der Waals surface area (Å²) in [5, 5.41) is 14.6. The molecule has 104 valence electrons. The number of hydrogen-bond acceptors (Lipinski definition) is 4. The average molecular weight is 268 g/mol. The number of oxime groups is 1. The van der Waals surface area contributed by atoms with Crippen LogP contribution in [0, 0.1) is 5.82 Å². The maximum absolute atomic E-state index is 13.1. The highest BCUT2D eigenvalue weighted by atomic mass is 19.1. The van der Waals surface area contributed by atoms with Crippen LogP contribution in [0.25, 0.3) is 0 Å². The van der Waals surface area contributed by atoms with E-state index in [-0.39, 0.29) is 18.3 Å². The lowest BCUT2D eigenvalue weighted by Gasteiger charge is -2.14. The third kappa shape index (κ3) is 4.55. The van der Waals surface area contributed by atoms with E-state index in [4.69, 9.17) is 16.7 Å². The Morgan fingerprint density at radius 2 is 2.21 bits per heavy atom. The molecule has 0 radical (unpaired) electrons. The second-order valence-corrected chi connectivity index (χ2v) is 4.24. The largest absolute Gasteiger partial charge is 0.409 e. The van der Waals surface area contributed by atoms with Gasteiger partial charge in [-0.05, 0) is 24.6 Å². The van der Waals surface area contributed by atoms with Crippen molar-refractivity contribution in [2.75, 3.05) is 0 Å². The average Bonchev–Trinajstić information content (AvgIpc) is 2.35. The summed E-state index contributed by atoms with van der Waals surface area (Å²) in [7, 11) is 0. The fraction of sp³-hybridized carbons (Fsp3) is 0.333. The number of benzene rings is 1. The van der Waals surface area contributed by atoms with E-state index < -0.39 is 11.7 Å². The number of carbonyl (C=O) groups excluding carboxylic acids is 1. The van der Waals surface area contributed by atoms with Crippen LogP contribution in [0.3, 0.4) is 0 Å². The Labute approximate surface area is 110 Å². The Balaban J connectivity index is 2.81. The molecular formula is C12H17FN4O2. The van der Waals surface area contributed by atoms with Crippen molar-refractivity contribution in [1.29, 1.82) is 0 Å². The van der Waals surface area contributed by atoms with Crippen LogP contribution in [0.4, 0.5) is 4.39 Å². The molecule has 0 spiro atoms. The predicted octanol–water partition coefficient (Wildman–Crippen LogP) is 0.274. The molecule has 0 aromatic heterocycles. The highest BCUT2D eigenvalue weighted by Gasteiger charge is 2.11. The zero-order valence-corrected chi connectivity index (χ0v) is 10.6. The Morgan fingerprint density at radius 1 is 1.53 bits per heavy atom. The topological polar surface area (TPSA) is 114 Å². The van der Waals surface area contributed by atoms with Gasteiger partial charge in [0, 0.05) is 24.6 Å². The SMILES string of the molecule is CC(CC(N)=O)NCc1ccc(F)cc1/C(N)=N/O. The van der Waals surface area contributed by atoms with Gasteiger partial charge in [-0.15, -0.1) is 0 Å². The van der Waals surface area contributed by atoms with E-state index in [9.17, 15) is 9.18 Å². The molecule has 1 aromatic rings. The standard InChI is InChI=1S/C12H17FN4O2/c1-7(4-11(14)18)16-6-8-2-3-9(13)5-10(8)12(15)17-19/h2-3,5,7,16,19H,4,6H2,1H3,(H2,14,18)(H2,15,17). The minimum absolute atomic E-state index is 0.123. The number of halogens is 1. The normalized spacial score (nSPS) is 13.3. The molecule has 1 rings (SSSR count). The number of hydrogen-bond donors (Lipinski definition) is 4. The van der Waals surface area contributed by atoms with Crippen LogP contribution in [0.1, 0.15) is 24.5 Å².